The number of pyridine rings is 1. The molecule has 2 rings (SSSR count). The molecule has 4 nitrogen and oxygen atoms in total. The van der Waals surface area contributed by atoms with Crippen molar-refractivity contribution in [1.29, 1.82) is 0 Å². The monoisotopic (exact) mass is 300 g/mol. The van der Waals surface area contributed by atoms with E-state index < -0.39 is 12.0 Å². The van der Waals surface area contributed by atoms with E-state index in [2.05, 4.69) is 31.1 Å². The van der Waals surface area contributed by atoms with E-state index >= 15 is 0 Å². The molecule has 0 radical (unpaired) electrons. The maximum atomic E-state index is 11.4. The van der Waals surface area contributed by atoms with Crippen LogP contribution >= 0.6 is 0 Å². The summed E-state index contributed by atoms with van der Waals surface area (Å²) in [4.78, 5) is 15.7. The average Bonchev–Trinajstić information content (AvgIpc) is 2.45. The average molecular weight is 300 g/mol. The van der Waals surface area contributed by atoms with Gasteiger partial charge in [0.2, 0.25) is 0 Å². The van der Waals surface area contributed by atoms with E-state index in [1.165, 1.54) is 0 Å². The summed E-state index contributed by atoms with van der Waals surface area (Å²) in [5, 5.41) is 14.7. The minimum absolute atomic E-state index is 0.135. The Labute approximate surface area is 131 Å². The first-order chi connectivity index (χ1) is 10.4. The molecule has 22 heavy (non-hydrogen) atoms. The summed E-state index contributed by atoms with van der Waals surface area (Å²) in [6, 6.07) is 7.49. The lowest BCUT2D eigenvalue weighted by atomic mass is 9.88. The van der Waals surface area contributed by atoms with Crippen molar-refractivity contribution in [2.75, 3.05) is 0 Å². The predicted octanol–water partition coefficient (Wildman–Crippen LogP) is 3.60. The lowest BCUT2D eigenvalue weighted by Crippen LogP contribution is -2.37. The fraction of sp³-hybridized carbons (Fsp3) is 0.444. The van der Waals surface area contributed by atoms with Crippen molar-refractivity contribution >= 4 is 16.7 Å². The van der Waals surface area contributed by atoms with Crippen molar-refractivity contribution in [3.8, 4) is 0 Å². The summed E-state index contributed by atoms with van der Waals surface area (Å²) in [6.07, 6.45) is 5.12. The summed E-state index contributed by atoms with van der Waals surface area (Å²) in [7, 11) is 0. The van der Waals surface area contributed by atoms with Crippen molar-refractivity contribution in [2.24, 2.45) is 5.41 Å². The second-order valence-electron chi connectivity index (χ2n) is 6.89. The molecule has 0 unspecified atom stereocenters. The van der Waals surface area contributed by atoms with E-state index in [0.717, 1.165) is 22.8 Å². The van der Waals surface area contributed by atoms with Crippen LogP contribution in [0, 0.1) is 5.41 Å². The fourth-order valence-electron chi connectivity index (χ4n) is 2.44. The third-order valence-electron chi connectivity index (χ3n) is 3.77. The van der Waals surface area contributed by atoms with Gasteiger partial charge in [0.25, 0.3) is 0 Å². The highest BCUT2D eigenvalue weighted by Gasteiger charge is 2.20. The number of aromatic nitrogens is 1. The summed E-state index contributed by atoms with van der Waals surface area (Å²) in [6.45, 7) is 6.89. The number of rotatable bonds is 6. The number of carboxylic acid groups (broad SMARTS) is 1. The van der Waals surface area contributed by atoms with Crippen LogP contribution in [0.15, 0.2) is 36.7 Å². The minimum Gasteiger partial charge on any atom is -0.480 e. The molecule has 1 aromatic carbocycles. The number of nitrogens with zero attached hydrogens (tertiary/aromatic N) is 1. The fourth-order valence-corrected chi connectivity index (χ4v) is 2.44. The number of aliphatic carboxylic acids is 1. The van der Waals surface area contributed by atoms with Crippen molar-refractivity contribution in [3.63, 3.8) is 0 Å². The molecule has 0 aliphatic heterocycles. The van der Waals surface area contributed by atoms with E-state index in [0.29, 0.717) is 13.0 Å². The van der Waals surface area contributed by atoms with Gasteiger partial charge in [-0.05, 0) is 29.2 Å². The number of carboxylic acids is 1. The Morgan fingerprint density at radius 3 is 2.68 bits per heavy atom. The normalized spacial score (nSPS) is 13.2. The van der Waals surface area contributed by atoms with Gasteiger partial charge in [0, 0.05) is 24.3 Å². The minimum atomic E-state index is -0.794. The Bertz CT molecular complexity index is 642. The van der Waals surface area contributed by atoms with E-state index in [4.69, 9.17) is 0 Å². The van der Waals surface area contributed by atoms with Gasteiger partial charge in [0.05, 0.1) is 0 Å². The number of hydrogen-bond donors (Lipinski definition) is 2. The van der Waals surface area contributed by atoms with Gasteiger partial charge in [-0.1, -0.05) is 45.0 Å². The quantitative estimate of drug-likeness (QED) is 0.855. The van der Waals surface area contributed by atoms with Gasteiger partial charge in [-0.3, -0.25) is 9.78 Å². The van der Waals surface area contributed by atoms with Crippen molar-refractivity contribution in [2.45, 2.75) is 46.2 Å². The Morgan fingerprint density at radius 1 is 1.27 bits per heavy atom. The zero-order valence-corrected chi connectivity index (χ0v) is 13.5. The molecule has 0 spiro atoms. The van der Waals surface area contributed by atoms with Crippen molar-refractivity contribution < 1.29 is 9.90 Å². The molecule has 0 saturated heterocycles. The first-order valence-electron chi connectivity index (χ1n) is 7.65. The highest BCUT2D eigenvalue weighted by molar-refractivity contribution is 5.84. The smallest absolute Gasteiger partial charge is 0.320 e. The standard InChI is InChI=1S/C18H24N2O2/c1-18(2,3)9-8-16(17(21)22)20-12-14-11-19-10-13-6-4-5-7-15(13)14/h4-7,10-11,16,20H,8-9,12H2,1-3H3,(H,21,22)/t16-/m0/s1. The Balaban J connectivity index is 2.06. The topological polar surface area (TPSA) is 62.2 Å². The Hall–Kier alpha value is -1.94. The highest BCUT2D eigenvalue weighted by atomic mass is 16.4. The molecule has 1 atom stereocenters. The SMILES string of the molecule is CC(C)(C)CC[C@H](NCc1cncc2ccccc12)C(=O)O. The van der Waals surface area contributed by atoms with Crippen LogP contribution in [-0.4, -0.2) is 22.1 Å². The third kappa shape index (κ3) is 4.53. The van der Waals surface area contributed by atoms with Crippen molar-refractivity contribution in [3.05, 3.63) is 42.2 Å². The number of hydrogen-bond acceptors (Lipinski definition) is 3. The Morgan fingerprint density at radius 2 is 2.00 bits per heavy atom. The first kappa shape index (κ1) is 16.4. The molecule has 118 valence electrons. The maximum Gasteiger partial charge on any atom is 0.320 e. The molecule has 4 heteroatoms. The third-order valence-corrected chi connectivity index (χ3v) is 3.77. The molecule has 1 heterocycles. The Kier molecular flexibility index (Phi) is 5.14. The number of nitrogens with one attached hydrogen (secondary N) is 1. The molecule has 0 bridgehead atoms. The highest BCUT2D eigenvalue weighted by Crippen LogP contribution is 2.22. The lowest BCUT2D eigenvalue weighted by molar-refractivity contribution is -0.139. The molecule has 2 N–H and O–H groups in total. The number of carbonyl (C=O) groups is 1. The van der Waals surface area contributed by atoms with Crippen LogP contribution in [-0.2, 0) is 11.3 Å². The van der Waals surface area contributed by atoms with Gasteiger partial charge in [-0.2, -0.15) is 0 Å². The van der Waals surface area contributed by atoms with Crippen LogP contribution in [0.25, 0.3) is 10.8 Å². The van der Waals surface area contributed by atoms with Gasteiger partial charge >= 0.3 is 5.97 Å². The van der Waals surface area contributed by atoms with Crippen LogP contribution in [0.4, 0.5) is 0 Å². The summed E-state index contributed by atoms with van der Waals surface area (Å²) < 4.78 is 0. The van der Waals surface area contributed by atoms with Crippen LogP contribution in [0.5, 0.6) is 0 Å². The number of fused-ring (bicyclic) bond motifs is 1. The summed E-state index contributed by atoms with van der Waals surface area (Å²) in [5.41, 5.74) is 1.16. The first-order valence-corrected chi connectivity index (χ1v) is 7.65. The van der Waals surface area contributed by atoms with Crippen LogP contribution in [0.3, 0.4) is 0 Å². The lowest BCUT2D eigenvalue weighted by Gasteiger charge is -2.21. The van der Waals surface area contributed by atoms with Crippen LogP contribution in [0.1, 0.15) is 39.2 Å². The van der Waals surface area contributed by atoms with Gasteiger partial charge in [0.1, 0.15) is 6.04 Å². The molecule has 0 amide bonds. The summed E-state index contributed by atoms with van der Waals surface area (Å²) in [5.74, 6) is -0.794. The largest absolute Gasteiger partial charge is 0.480 e. The van der Waals surface area contributed by atoms with E-state index in [-0.39, 0.29) is 5.41 Å². The van der Waals surface area contributed by atoms with E-state index in [9.17, 15) is 9.90 Å². The molecule has 0 saturated carbocycles. The second kappa shape index (κ2) is 6.88. The maximum absolute atomic E-state index is 11.4. The van der Waals surface area contributed by atoms with Gasteiger partial charge in [-0.25, -0.2) is 0 Å². The van der Waals surface area contributed by atoms with Crippen molar-refractivity contribution in [1.82, 2.24) is 10.3 Å². The zero-order valence-electron chi connectivity index (χ0n) is 13.5. The number of benzene rings is 1. The van der Waals surface area contributed by atoms with Crippen LogP contribution < -0.4 is 5.32 Å². The predicted molar refractivity (Wildman–Crippen MR) is 88.7 cm³/mol. The van der Waals surface area contributed by atoms with Gasteiger partial charge in [0.15, 0.2) is 0 Å². The zero-order chi connectivity index (χ0) is 16.2. The molecule has 0 aliphatic carbocycles. The van der Waals surface area contributed by atoms with Gasteiger partial charge in [-0.15, -0.1) is 0 Å². The van der Waals surface area contributed by atoms with Crippen LogP contribution in [0.2, 0.25) is 0 Å². The van der Waals surface area contributed by atoms with E-state index in [1.807, 2.05) is 30.5 Å². The molecule has 2 aromatic rings. The molecular weight excluding hydrogens is 276 g/mol. The molecular formula is C18H24N2O2. The van der Waals surface area contributed by atoms with E-state index in [1.54, 1.807) is 6.20 Å². The second-order valence-corrected chi connectivity index (χ2v) is 6.89. The molecule has 0 fully saturated rings. The summed E-state index contributed by atoms with van der Waals surface area (Å²) >= 11 is 0. The van der Waals surface area contributed by atoms with Gasteiger partial charge < -0.3 is 10.4 Å². The molecule has 0 aliphatic rings. The molecule has 1 aromatic heterocycles.